The van der Waals surface area contributed by atoms with Crippen LogP contribution in [0.3, 0.4) is 0 Å². The average molecular weight is 238 g/mol. The predicted octanol–water partition coefficient (Wildman–Crippen LogP) is 3.36. The molecule has 1 fully saturated rings. The van der Waals surface area contributed by atoms with Gasteiger partial charge in [0.25, 0.3) is 0 Å². The fourth-order valence-electron chi connectivity index (χ4n) is 2.34. The molecule has 88 valence electrons. The molecule has 0 amide bonds. The highest BCUT2D eigenvalue weighted by Crippen LogP contribution is 2.20. The van der Waals surface area contributed by atoms with Crippen LogP contribution in [0.15, 0.2) is 18.2 Å². The van der Waals surface area contributed by atoms with Crippen molar-refractivity contribution in [2.24, 2.45) is 5.92 Å². The van der Waals surface area contributed by atoms with E-state index < -0.39 is 0 Å². The van der Waals surface area contributed by atoms with Crippen LogP contribution in [0.1, 0.15) is 23.1 Å². The number of nitrogens with zero attached hydrogens (tertiary/aromatic N) is 1. The molecule has 1 aliphatic heterocycles. The fourth-order valence-corrected chi connectivity index (χ4v) is 2.59. The second-order valence-electron chi connectivity index (χ2n) is 4.96. The van der Waals surface area contributed by atoms with Gasteiger partial charge in [0.2, 0.25) is 0 Å². The van der Waals surface area contributed by atoms with Crippen LogP contribution < -0.4 is 0 Å². The lowest BCUT2D eigenvalue weighted by atomic mass is 10.1. The summed E-state index contributed by atoms with van der Waals surface area (Å²) < 4.78 is 0. The SMILES string of the molecule is Cc1ccc(CN2CCC(CCl)C2)cc1C. The summed E-state index contributed by atoms with van der Waals surface area (Å²) in [6.07, 6.45) is 1.26. The summed E-state index contributed by atoms with van der Waals surface area (Å²) in [5.74, 6) is 1.51. The number of benzene rings is 1. The summed E-state index contributed by atoms with van der Waals surface area (Å²) in [5.41, 5.74) is 4.20. The van der Waals surface area contributed by atoms with E-state index in [0.29, 0.717) is 5.92 Å². The Morgan fingerprint density at radius 3 is 2.75 bits per heavy atom. The highest BCUT2D eigenvalue weighted by molar-refractivity contribution is 6.18. The lowest BCUT2D eigenvalue weighted by molar-refractivity contribution is 0.321. The van der Waals surface area contributed by atoms with Crippen LogP contribution in [0, 0.1) is 19.8 Å². The minimum atomic E-state index is 0.702. The Balaban J connectivity index is 1.97. The van der Waals surface area contributed by atoms with E-state index in [1.54, 1.807) is 0 Å². The summed E-state index contributed by atoms with van der Waals surface area (Å²) in [5, 5.41) is 0. The number of halogens is 1. The Bertz CT molecular complexity index is 362. The molecule has 0 spiro atoms. The highest BCUT2D eigenvalue weighted by atomic mass is 35.5. The Hall–Kier alpha value is -0.530. The van der Waals surface area contributed by atoms with Crippen molar-refractivity contribution < 1.29 is 0 Å². The molecule has 0 N–H and O–H groups in total. The molecule has 1 unspecified atom stereocenters. The van der Waals surface area contributed by atoms with E-state index in [2.05, 4.69) is 36.9 Å². The monoisotopic (exact) mass is 237 g/mol. The molecule has 1 aliphatic rings. The van der Waals surface area contributed by atoms with Crippen molar-refractivity contribution in [2.75, 3.05) is 19.0 Å². The number of alkyl halides is 1. The van der Waals surface area contributed by atoms with Crippen LogP contribution >= 0.6 is 11.6 Å². The predicted molar refractivity (Wildman–Crippen MR) is 70.0 cm³/mol. The van der Waals surface area contributed by atoms with E-state index in [9.17, 15) is 0 Å². The zero-order chi connectivity index (χ0) is 11.5. The number of hydrogen-bond donors (Lipinski definition) is 0. The molecular weight excluding hydrogens is 218 g/mol. The minimum absolute atomic E-state index is 0.702. The molecule has 0 saturated carbocycles. The summed E-state index contributed by atoms with van der Waals surface area (Å²) >= 11 is 5.90. The van der Waals surface area contributed by atoms with Gasteiger partial charge < -0.3 is 0 Å². The molecule has 1 nitrogen and oxygen atoms in total. The molecule has 1 saturated heterocycles. The van der Waals surface area contributed by atoms with Gasteiger partial charge in [0.05, 0.1) is 0 Å². The molecule has 0 bridgehead atoms. The lowest BCUT2D eigenvalue weighted by Crippen LogP contribution is -2.20. The zero-order valence-electron chi connectivity index (χ0n) is 10.2. The van der Waals surface area contributed by atoms with E-state index in [0.717, 1.165) is 19.0 Å². The highest BCUT2D eigenvalue weighted by Gasteiger charge is 2.21. The van der Waals surface area contributed by atoms with Gasteiger partial charge in [-0.15, -0.1) is 11.6 Å². The van der Waals surface area contributed by atoms with Crippen molar-refractivity contribution in [1.29, 1.82) is 0 Å². The van der Waals surface area contributed by atoms with Crippen LogP contribution in [0.5, 0.6) is 0 Å². The molecule has 1 heterocycles. The standard InChI is InChI=1S/C14H20ClN/c1-11-3-4-13(7-12(11)2)9-16-6-5-14(8-15)10-16/h3-4,7,14H,5-6,8-10H2,1-2H3. The van der Waals surface area contributed by atoms with E-state index >= 15 is 0 Å². The third-order valence-electron chi connectivity index (χ3n) is 3.57. The molecule has 1 atom stereocenters. The first kappa shape index (κ1) is 11.9. The second-order valence-corrected chi connectivity index (χ2v) is 5.27. The van der Waals surface area contributed by atoms with Crippen molar-refractivity contribution in [1.82, 2.24) is 4.90 Å². The van der Waals surface area contributed by atoms with Crippen LogP contribution in [0.25, 0.3) is 0 Å². The molecule has 16 heavy (non-hydrogen) atoms. The smallest absolute Gasteiger partial charge is 0.0264 e. The molecule has 1 aromatic carbocycles. The maximum atomic E-state index is 5.90. The van der Waals surface area contributed by atoms with Crippen molar-refractivity contribution in [3.05, 3.63) is 34.9 Å². The van der Waals surface area contributed by atoms with Crippen LogP contribution in [0.4, 0.5) is 0 Å². The number of aryl methyl sites for hydroxylation is 2. The summed E-state index contributed by atoms with van der Waals surface area (Å²) in [7, 11) is 0. The first-order valence-electron chi connectivity index (χ1n) is 6.03. The molecule has 0 aromatic heterocycles. The largest absolute Gasteiger partial charge is 0.299 e. The summed E-state index contributed by atoms with van der Waals surface area (Å²) in [6.45, 7) is 7.79. The lowest BCUT2D eigenvalue weighted by Gasteiger charge is -2.16. The van der Waals surface area contributed by atoms with E-state index in [-0.39, 0.29) is 0 Å². The third kappa shape index (κ3) is 2.78. The number of likely N-dealkylation sites (tertiary alicyclic amines) is 1. The maximum Gasteiger partial charge on any atom is 0.0264 e. The van der Waals surface area contributed by atoms with Crippen LogP contribution in [-0.4, -0.2) is 23.9 Å². The van der Waals surface area contributed by atoms with Gasteiger partial charge in [-0.1, -0.05) is 18.2 Å². The normalized spacial score (nSPS) is 21.6. The average Bonchev–Trinajstić information content (AvgIpc) is 2.71. The van der Waals surface area contributed by atoms with Gasteiger partial charge >= 0.3 is 0 Å². The molecule has 1 aromatic rings. The number of hydrogen-bond acceptors (Lipinski definition) is 1. The first-order chi connectivity index (χ1) is 7.69. The molecule has 2 rings (SSSR count). The van der Waals surface area contributed by atoms with Crippen LogP contribution in [0.2, 0.25) is 0 Å². The van der Waals surface area contributed by atoms with E-state index in [1.165, 1.54) is 29.7 Å². The second kappa shape index (κ2) is 5.20. The molecule has 0 radical (unpaired) electrons. The number of rotatable bonds is 3. The van der Waals surface area contributed by atoms with Gasteiger partial charge in [0.1, 0.15) is 0 Å². The van der Waals surface area contributed by atoms with Crippen LogP contribution in [-0.2, 0) is 6.54 Å². The molecular formula is C14H20ClN. The van der Waals surface area contributed by atoms with E-state index in [1.807, 2.05) is 0 Å². The maximum absolute atomic E-state index is 5.90. The van der Waals surface area contributed by atoms with Crippen molar-refractivity contribution >= 4 is 11.6 Å². The molecule has 0 aliphatic carbocycles. The van der Waals surface area contributed by atoms with Gasteiger partial charge in [0.15, 0.2) is 0 Å². The van der Waals surface area contributed by atoms with Crippen molar-refractivity contribution in [2.45, 2.75) is 26.8 Å². The van der Waals surface area contributed by atoms with Gasteiger partial charge in [-0.05, 0) is 49.4 Å². The third-order valence-corrected chi connectivity index (χ3v) is 4.00. The topological polar surface area (TPSA) is 3.24 Å². The Kier molecular flexibility index (Phi) is 3.88. The minimum Gasteiger partial charge on any atom is -0.299 e. The summed E-state index contributed by atoms with van der Waals surface area (Å²) in [4.78, 5) is 2.51. The molecule has 2 heteroatoms. The zero-order valence-corrected chi connectivity index (χ0v) is 10.9. The van der Waals surface area contributed by atoms with Crippen molar-refractivity contribution in [3.63, 3.8) is 0 Å². The van der Waals surface area contributed by atoms with Gasteiger partial charge in [-0.2, -0.15) is 0 Å². The van der Waals surface area contributed by atoms with Gasteiger partial charge in [-0.3, -0.25) is 4.90 Å². The summed E-state index contributed by atoms with van der Waals surface area (Å²) in [6, 6.07) is 6.78. The van der Waals surface area contributed by atoms with Gasteiger partial charge in [-0.25, -0.2) is 0 Å². The van der Waals surface area contributed by atoms with Gasteiger partial charge in [0, 0.05) is 19.0 Å². The Labute approximate surface area is 103 Å². The first-order valence-corrected chi connectivity index (χ1v) is 6.57. The Morgan fingerprint density at radius 1 is 1.31 bits per heavy atom. The van der Waals surface area contributed by atoms with Crippen molar-refractivity contribution in [3.8, 4) is 0 Å². The van der Waals surface area contributed by atoms with E-state index in [4.69, 9.17) is 11.6 Å². The fraction of sp³-hybridized carbons (Fsp3) is 0.571. The quantitative estimate of drug-likeness (QED) is 0.729. The Morgan fingerprint density at radius 2 is 2.12 bits per heavy atom.